The number of carbonyl (C=O) groups is 1. The van der Waals surface area contributed by atoms with Gasteiger partial charge in [-0.1, -0.05) is 6.08 Å². The summed E-state index contributed by atoms with van der Waals surface area (Å²) in [6.07, 6.45) is 4.72. The van der Waals surface area contributed by atoms with Gasteiger partial charge in [0.1, 0.15) is 18.4 Å². The molecule has 1 aliphatic heterocycles. The normalized spacial score (nSPS) is 19.6. The van der Waals surface area contributed by atoms with Gasteiger partial charge in [0.15, 0.2) is 0 Å². The molecule has 0 aliphatic carbocycles. The SMILES string of the molecule is C=CCN1CC[C@H](n2cc([N+](=O)[O-])cn2)C1=O. The van der Waals surface area contributed by atoms with Crippen molar-refractivity contribution in [3.63, 3.8) is 0 Å². The molecule has 0 spiro atoms. The zero-order chi connectivity index (χ0) is 12.4. The van der Waals surface area contributed by atoms with Crippen molar-refractivity contribution in [1.82, 2.24) is 14.7 Å². The van der Waals surface area contributed by atoms with Crippen molar-refractivity contribution >= 4 is 11.6 Å². The third kappa shape index (κ3) is 2.03. The van der Waals surface area contributed by atoms with Gasteiger partial charge in [0.05, 0.1) is 4.92 Å². The molecule has 1 aromatic rings. The molecule has 0 saturated carbocycles. The largest absolute Gasteiger partial charge is 0.337 e. The Hall–Kier alpha value is -2.18. The van der Waals surface area contributed by atoms with Crippen LogP contribution in [0.2, 0.25) is 0 Å². The molecule has 2 rings (SSSR count). The first-order valence-electron chi connectivity index (χ1n) is 5.21. The minimum atomic E-state index is -0.523. The summed E-state index contributed by atoms with van der Waals surface area (Å²) in [7, 11) is 0. The number of nitro groups is 1. The monoisotopic (exact) mass is 236 g/mol. The predicted molar refractivity (Wildman–Crippen MR) is 59.3 cm³/mol. The van der Waals surface area contributed by atoms with E-state index >= 15 is 0 Å². The second kappa shape index (κ2) is 4.36. The maximum absolute atomic E-state index is 11.9. The molecule has 0 unspecified atom stereocenters. The summed E-state index contributed by atoms with van der Waals surface area (Å²) in [6, 6.07) is -0.427. The lowest BCUT2D eigenvalue weighted by atomic mass is 10.2. The maximum Gasteiger partial charge on any atom is 0.307 e. The van der Waals surface area contributed by atoms with Gasteiger partial charge in [-0.2, -0.15) is 5.10 Å². The Balaban J connectivity index is 2.15. The molecule has 1 amide bonds. The molecule has 0 N–H and O–H groups in total. The summed E-state index contributed by atoms with van der Waals surface area (Å²) in [6.45, 7) is 4.70. The first kappa shape index (κ1) is 11.3. The first-order chi connectivity index (χ1) is 8.13. The van der Waals surface area contributed by atoms with E-state index in [1.807, 2.05) is 0 Å². The maximum atomic E-state index is 11.9. The van der Waals surface area contributed by atoms with Crippen LogP contribution in [-0.2, 0) is 4.79 Å². The van der Waals surface area contributed by atoms with E-state index in [9.17, 15) is 14.9 Å². The smallest absolute Gasteiger partial charge is 0.307 e. The van der Waals surface area contributed by atoms with Gasteiger partial charge in [-0.25, -0.2) is 0 Å². The van der Waals surface area contributed by atoms with Crippen LogP contribution in [0, 0.1) is 10.1 Å². The Morgan fingerprint density at radius 3 is 3.06 bits per heavy atom. The molecule has 90 valence electrons. The average Bonchev–Trinajstić information content (AvgIpc) is 2.87. The van der Waals surface area contributed by atoms with Crippen LogP contribution in [0.25, 0.3) is 0 Å². The van der Waals surface area contributed by atoms with E-state index in [0.29, 0.717) is 19.5 Å². The van der Waals surface area contributed by atoms with Crippen molar-refractivity contribution in [2.45, 2.75) is 12.5 Å². The van der Waals surface area contributed by atoms with Gasteiger partial charge >= 0.3 is 5.69 Å². The second-order valence-electron chi connectivity index (χ2n) is 3.81. The number of nitrogens with zero attached hydrogens (tertiary/aromatic N) is 4. The van der Waals surface area contributed by atoms with Crippen molar-refractivity contribution in [2.75, 3.05) is 13.1 Å². The molecule has 1 aliphatic rings. The van der Waals surface area contributed by atoms with Crippen LogP contribution >= 0.6 is 0 Å². The molecule has 0 aromatic carbocycles. The average molecular weight is 236 g/mol. The predicted octanol–water partition coefficient (Wildman–Crippen LogP) is 0.751. The molecule has 2 heterocycles. The third-order valence-corrected chi connectivity index (χ3v) is 2.74. The second-order valence-corrected chi connectivity index (χ2v) is 3.81. The number of aromatic nitrogens is 2. The van der Waals surface area contributed by atoms with Crippen molar-refractivity contribution in [3.05, 3.63) is 35.2 Å². The molecular formula is C10H12N4O3. The summed E-state index contributed by atoms with van der Waals surface area (Å²) in [5, 5.41) is 14.4. The summed E-state index contributed by atoms with van der Waals surface area (Å²) in [5.41, 5.74) is -0.0972. The highest BCUT2D eigenvalue weighted by molar-refractivity contribution is 5.82. The molecular weight excluding hydrogens is 224 g/mol. The Bertz CT molecular complexity index is 468. The number of carbonyl (C=O) groups excluding carboxylic acids is 1. The van der Waals surface area contributed by atoms with Gasteiger partial charge < -0.3 is 4.90 Å². The van der Waals surface area contributed by atoms with Gasteiger partial charge in [-0.15, -0.1) is 6.58 Å². The van der Waals surface area contributed by atoms with Crippen LogP contribution in [0.15, 0.2) is 25.0 Å². The van der Waals surface area contributed by atoms with Gasteiger partial charge in [-0.05, 0) is 6.42 Å². The molecule has 1 atom stereocenters. The first-order valence-corrected chi connectivity index (χ1v) is 5.21. The van der Waals surface area contributed by atoms with Gasteiger partial charge in [0.25, 0.3) is 0 Å². The fourth-order valence-electron chi connectivity index (χ4n) is 1.90. The number of hydrogen-bond acceptors (Lipinski definition) is 4. The third-order valence-electron chi connectivity index (χ3n) is 2.74. The molecule has 1 fully saturated rings. The van der Waals surface area contributed by atoms with Crippen LogP contribution in [0.4, 0.5) is 5.69 Å². The Morgan fingerprint density at radius 1 is 1.71 bits per heavy atom. The van der Waals surface area contributed by atoms with Gasteiger partial charge in [0.2, 0.25) is 5.91 Å². The lowest BCUT2D eigenvalue weighted by Gasteiger charge is -2.13. The Labute approximate surface area is 97.5 Å². The van der Waals surface area contributed by atoms with Crippen LogP contribution in [0.5, 0.6) is 0 Å². The van der Waals surface area contributed by atoms with E-state index in [4.69, 9.17) is 0 Å². The highest BCUT2D eigenvalue weighted by atomic mass is 16.6. The lowest BCUT2D eigenvalue weighted by Crippen LogP contribution is -2.28. The van der Waals surface area contributed by atoms with Gasteiger partial charge in [0, 0.05) is 13.1 Å². The summed E-state index contributed by atoms with van der Waals surface area (Å²) in [5.74, 6) is -0.0668. The van der Waals surface area contributed by atoms with Crippen LogP contribution in [-0.4, -0.2) is 38.6 Å². The number of rotatable bonds is 4. The van der Waals surface area contributed by atoms with E-state index < -0.39 is 11.0 Å². The number of amides is 1. The highest BCUT2D eigenvalue weighted by Gasteiger charge is 2.33. The van der Waals surface area contributed by atoms with Crippen molar-refractivity contribution < 1.29 is 9.72 Å². The molecule has 1 saturated heterocycles. The molecule has 7 heteroatoms. The molecule has 17 heavy (non-hydrogen) atoms. The van der Waals surface area contributed by atoms with Gasteiger partial charge in [-0.3, -0.25) is 19.6 Å². The zero-order valence-corrected chi connectivity index (χ0v) is 9.15. The highest BCUT2D eigenvalue weighted by Crippen LogP contribution is 2.24. The Kier molecular flexibility index (Phi) is 2.90. The zero-order valence-electron chi connectivity index (χ0n) is 9.15. The minimum Gasteiger partial charge on any atom is -0.337 e. The fraction of sp³-hybridized carbons (Fsp3) is 0.400. The van der Waals surface area contributed by atoms with Crippen LogP contribution < -0.4 is 0 Å². The van der Waals surface area contributed by atoms with Crippen molar-refractivity contribution in [1.29, 1.82) is 0 Å². The Morgan fingerprint density at radius 2 is 2.47 bits per heavy atom. The minimum absolute atomic E-state index is 0.0668. The quantitative estimate of drug-likeness (QED) is 0.439. The lowest BCUT2D eigenvalue weighted by molar-refractivity contribution is -0.385. The summed E-state index contributed by atoms with van der Waals surface area (Å²) >= 11 is 0. The van der Waals surface area contributed by atoms with E-state index in [1.165, 1.54) is 10.9 Å². The fourth-order valence-corrected chi connectivity index (χ4v) is 1.90. The summed E-state index contributed by atoms with van der Waals surface area (Å²) in [4.78, 5) is 23.6. The molecule has 0 bridgehead atoms. The van der Waals surface area contributed by atoms with E-state index in [-0.39, 0.29) is 11.6 Å². The van der Waals surface area contributed by atoms with Crippen LogP contribution in [0.1, 0.15) is 12.5 Å². The molecule has 7 nitrogen and oxygen atoms in total. The molecule has 1 aromatic heterocycles. The van der Waals surface area contributed by atoms with Crippen molar-refractivity contribution in [2.24, 2.45) is 0 Å². The standard InChI is InChI=1S/C10H12N4O3/c1-2-4-12-5-3-9(10(12)15)13-7-8(6-11-13)14(16)17/h2,6-7,9H,1,3-5H2/t9-/m0/s1. The van der Waals surface area contributed by atoms with E-state index in [2.05, 4.69) is 11.7 Å². The van der Waals surface area contributed by atoms with E-state index in [1.54, 1.807) is 11.0 Å². The topological polar surface area (TPSA) is 81.3 Å². The number of hydrogen-bond donors (Lipinski definition) is 0. The van der Waals surface area contributed by atoms with Crippen molar-refractivity contribution in [3.8, 4) is 0 Å². The van der Waals surface area contributed by atoms with E-state index in [0.717, 1.165) is 6.20 Å². The summed E-state index contributed by atoms with van der Waals surface area (Å²) < 4.78 is 1.36. The number of likely N-dealkylation sites (tertiary alicyclic amines) is 1. The van der Waals surface area contributed by atoms with Crippen LogP contribution in [0.3, 0.4) is 0 Å². The molecule has 0 radical (unpaired) electrons.